The number of halogens is 3. The fourth-order valence-corrected chi connectivity index (χ4v) is 2.99. The SMILES string of the molecule is CC(C)N(c1ccnc(N)n1)c1ccc(S(C)(=O)=O)cc1C(F)(F)F. The van der Waals surface area contributed by atoms with Crippen LogP contribution in [0.5, 0.6) is 0 Å². The molecule has 1 aromatic carbocycles. The van der Waals surface area contributed by atoms with Crippen LogP contribution in [0.4, 0.5) is 30.6 Å². The number of benzene rings is 1. The smallest absolute Gasteiger partial charge is 0.368 e. The van der Waals surface area contributed by atoms with Gasteiger partial charge < -0.3 is 10.6 Å². The van der Waals surface area contributed by atoms with Crippen molar-refractivity contribution in [1.82, 2.24) is 9.97 Å². The highest BCUT2D eigenvalue weighted by molar-refractivity contribution is 7.90. The maximum atomic E-state index is 13.6. The lowest BCUT2D eigenvalue weighted by atomic mass is 10.1. The standard InChI is InChI=1S/C15H17F3N4O2S/c1-9(2)22(13-6-7-20-14(19)21-13)12-5-4-10(25(3,23)24)8-11(12)15(16,17)18/h4-9H,1-3H3,(H2,19,20,21). The largest absolute Gasteiger partial charge is 0.418 e. The lowest BCUT2D eigenvalue weighted by molar-refractivity contribution is -0.137. The molecule has 6 nitrogen and oxygen atoms in total. The Kier molecular flexibility index (Phi) is 4.94. The van der Waals surface area contributed by atoms with Gasteiger partial charge in [-0.15, -0.1) is 0 Å². The lowest BCUT2D eigenvalue weighted by Gasteiger charge is -2.30. The first-order valence-corrected chi connectivity index (χ1v) is 9.09. The van der Waals surface area contributed by atoms with E-state index in [9.17, 15) is 21.6 Å². The summed E-state index contributed by atoms with van der Waals surface area (Å²) in [5.74, 6) is 0.101. The fourth-order valence-electron chi connectivity index (χ4n) is 2.35. The second-order valence-electron chi connectivity index (χ2n) is 5.69. The molecule has 0 unspecified atom stereocenters. The van der Waals surface area contributed by atoms with Crippen molar-refractivity contribution in [1.29, 1.82) is 0 Å². The molecule has 25 heavy (non-hydrogen) atoms. The minimum absolute atomic E-state index is 0.0792. The van der Waals surface area contributed by atoms with Gasteiger partial charge in [-0.05, 0) is 38.1 Å². The molecule has 136 valence electrons. The highest BCUT2D eigenvalue weighted by Gasteiger charge is 2.37. The molecule has 0 spiro atoms. The summed E-state index contributed by atoms with van der Waals surface area (Å²) in [6.07, 6.45) is -2.56. The summed E-state index contributed by atoms with van der Waals surface area (Å²) in [5, 5.41) is 0. The van der Waals surface area contributed by atoms with Gasteiger partial charge in [0.05, 0.1) is 16.1 Å². The Balaban J connectivity index is 2.74. The molecule has 0 atom stereocenters. The van der Waals surface area contributed by atoms with Crippen LogP contribution in [0.25, 0.3) is 0 Å². The average molecular weight is 374 g/mol. The first-order valence-electron chi connectivity index (χ1n) is 7.20. The second kappa shape index (κ2) is 6.51. The molecule has 0 saturated heterocycles. The molecule has 0 bridgehead atoms. The van der Waals surface area contributed by atoms with Crippen molar-refractivity contribution in [2.75, 3.05) is 16.9 Å². The summed E-state index contributed by atoms with van der Waals surface area (Å²) in [4.78, 5) is 8.62. The highest BCUT2D eigenvalue weighted by Crippen LogP contribution is 2.40. The summed E-state index contributed by atoms with van der Waals surface area (Å²) in [6, 6.07) is 3.92. The lowest BCUT2D eigenvalue weighted by Crippen LogP contribution is -2.29. The molecule has 0 aliphatic rings. The molecule has 2 rings (SSSR count). The number of nitrogen functional groups attached to an aromatic ring is 1. The zero-order valence-corrected chi connectivity index (χ0v) is 14.6. The Hall–Kier alpha value is -2.36. The predicted molar refractivity (Wildman–Crippen MR) is 88.3 cm³/mol. The Bertz CT molecular complexity index is 883. The van der Waals surface area contributed by atoms with E-state index >= 15 is 0 Å². The Labute approximate surface area is 143 Å². The normalized spacial score (nSPS) is 12.4. The molecule has 2 aromatic rings. The number of hydrogen-bond acceptors (Lipinski definition) is 6. The van der Waals surface area contributed by atoms with Gasteiger partial charge in [-0.25, -0.2) is 13.4 Å². The topological polar surface area (TPSA) is 89.2 Å². The Morgan fingerprint density at radius 3 is 2.32 bits per heavy atom. The van der Waals surface area contributed by atoms with E-state index in [0.29, 0.717) is 6.07 Å². The summed E-state index contributed by atoms with van der Waals surface area (Å²) in [7, 11) is -3.78. The van der Waals surface area contributed by atoms with Crippen LogP contribution in [-0.2, 0) is 16.0 Å². The molecule has 0 aliphatic carbocycles. The van der Waals surface area contributed by atoms with E-state index in [-0.39, 0.29) is 17.5 Å². The van der Waals surface area contributed by atoms with Crippen molar-refractivity contribution >= 4 is 27.3 Å². The van der Waals surface area contributed by atoms with Gasteiger partial charge in [0.1, 0.15) is 5.82 Å². The number of alkyl halides is 3. The second-order valence-corrected chi connectivity index (χ2v) is 7.70. The third-order valence-corrected chi connectivity index (χ3v) is 4.49. The predicted octanol–water partition coefficient (Wildman–Crippen LogP) is 3.03. The minimum atomic E-state index is -4.75. The van der Waals surface area contributed by atoms with Crippen molar-refractivity contribution in [3.05, 3.63) is 36.0 Å². The van der Waals surface area contributed by atoms with Crippen molar-refractivity contribution in [2.24, 2.45) is 0 Å². The van der Waals surface area contributed by atoms with Crippen LogP contribution in [0.3, 0.4) is 0 Å². The highest BCUT2D eigenvalue weighted by atomic mass is 32.2. The number of nitrogens with zero attached hydrogens (tertiary/aromatic N) is 3. The van der Waals surface area contributed by atoms with Crippen molar-refractivity contribution in [2.45, 2.75) is 31.0 Å². The van der Waals surface area contributed by atoms with Gasteiger partial charge in [-0.2, -0.15) is 18.2 Å². The molecule has 0 saturated carbocycles. The molecule has 2 N–H and O–H groups in total. The Morgan fingerprint density at radius 2 is 1.84 bits per heavy atom. The van der Waals surface area contributed by atoms with Gasteiger partial charge in [0.15, 0.2) is 9.84 Å². The molecular weight excluding hydrogens is 357 g/mol. The molecule has 1 aromatic heterocycles. The first kappa shape index (κ1) is 19.0. The van der Waals surface area contributed by atoms with E-state index in [1.807, 2.05) is 0 Å². The van der Waals surface area contributed by atoms with Crippen LogP contribution in [0, 0.1) is 0 Å². The number of nitrogens with two attached hydrogens (primary N) is 1. The van der Waals surface area contributed by atoms with Crippen LogP contribution in [0.15, 0.2) is 35.4 Å². The molecule has 10 heteroatoms. The molecule has 0 fully saturated rings. The number of rotatable bonds is 4. The fraction of sp³-hybridized carbons (Fsp3) is 0.333. The van der Waals surface area contributed by atoms with Gasteiger partial charge in [0.2, 0.25) is 5.95 Å². The van der Waals surface area contributed by atoms with Gasteiger partial charge >= 0.3 is 6.18 Å². The number of aromatic nitrogens is 2. The van der Waals surface area contributed by atoms with Gasteiger partial charge in [0, 0.05) is 18.5 Å². The third-order valence-electron chi connectivity index (χ3n) is 3.38. The van der Waals surface area contributed by atoms with E-state index in [2.05, 4.69) is 9.97 Å². The van der Waals surface area contributed by atoms with Gasteiger partial charge in [-0.1, -0.05) is 0 Å². The van der Waals surface area contributed by atoms with Crippen LogP contribution in [0.1, 0.15) is 19.4 Å². The van der Waals surface area contributed by atoms with Crippen LogP contribution in [0.2, 0.25) is 0 Å². The summed E-state index contributed by atoms with van der Waals surface area (Å²) < 4.78 is 63.9. The van der Waals surface area contributed by atoms with Crippen molar-refractivity contribution < 1.29 is 21.6 Å². The monoisotopic (exact) mass is 374 g/mol. The zero-order chi connectivity index (χ0) is 19.0. The zero-order valence-electron chi connectivity index (χ0n) is 13.7. The Morgan fingerprint density at radius 1 is 1.20 bits per heavy atom. The van der Waals surface area contributed by atoms with E-state index in [0.717, 1.165) is 18.4 Å². The molecule has 0 radical (unpaired) electrons. The molecule has 1 heterocycles. The quantitative estimate of drug-likeness (QED) is 0.885. The number of anilines is 3. The average Bonchev–Trinajstić information content (AvgIpc) is 2.45. The summed E-state index contributed by atoms with van der Waals surface area (Å²) in [6.45, 7) is 3.37. The summed E-state index contributed by atoms with van der Waals surface area (Å²) >= 11 is 0. The molecule has 0 amide bonds. The maximum Gasteiger partial charge on any atom is 0.418 e. The number of hydrogen-bond donors (Lipinski definition) is 1. The van der Waals surface area contributed by atoms with E-state index < -0.39 is 32.5 Å². The van der Waals surface area contributed by atoms with Crippen molar-refractivity contribution in [3.63, 3.8) is 0 Å². The maximum absolute atomic E-state index is 13.6. The minimum Gasteiger partial charge on any atom is -0.368 e. The van der Waals surface area contributed by atoms with E-state index in [1.54, 1.807) is 13.8 Å². The van der Waals surface area contributed by atoms with Crippen LogP contribution >= 0.6 is 0 Å². The molecule has 0 aliphatic heterocycles. The van der Waals surface area contributed by atoms with E-state index in [1.165, 1.54) is 17.2 Å². The van der Waals surface area contributed by atoms with Crippen LogP contribution < -0.4 is 10.6 Å². The third kappa shape index (κ3) is 4.19. The van der Waals surface area contributed by atoms with Gasteiger partial charge in [0.25, 0.3) is 0 Å². The van der Waals surface area contributed by atoms with Crippen LogP contribution in [-0.4, -0.2) is 30.7 Å². The first-order chi connectivity index (χ1) is 11.4. The van der Waals surface area contributed by atoms with E-state index in [4.69, 9.17) is 5.73 Å². The summed E-state index contributed by atoms with van der Waals surface area (Å²) in [5.41, 5.74) is 4.25. The molecular formula is C15H17F3N4O2S. The van der Waals surface area contributed by atoms with Gasteiger partial charge in [-0.3, -0.25) is 0 Å². The van der Waals surface area contributed by atoms with Crippen molar-refractivity contribution in [3.8, 4) is 0 Å². The number of sulfone groups is 1.